The van der Waals surface area contributed by atoms with Gasteiger partial charge in [-0.2, -0.15) is 0 Å². The van der Waals surface area contributed by atoms with Gasteiger partial charge in [-0.15, -0.1) is 5.10 Å². The van der Waals surface area contributed by atoms with Crippen LogP contribution in [0.3, 0.4) is 0 Å². The second-order valence-electron chi connectivity index (χ2n) is 13.6. The first-order valence-corrected chi connectivity index (χ1v) is 19.8. The molecule has 0 radical (unpaired) electrons. The van der Waals surface area contributed by atoms with Crippen molar-refractivity contribution < 1.29 is 31.2 Å². The van der Waals surface area contributed by atoms with Crippen LogP contribution in [0.15, 0.2) is 158 Å². The predicted molar refractivity (Wildman–Crippen MR) is 207 cm³/mol. The maximum absolute atomic E-state index is 6.59. The van der Waals surface area contributed by atoms with Crippen LogP contribution in [0.1, 0.15) is 36.6 Å². The van der Waals surface area contributed by atoms with Crippen molar-refractivity contribution in [3.8, 4) is 0 Å². The summed E-state index contributed by atoms with van der Waals surface area (Å²) in [5.74, 6) is -0.783. The van der Waals surface area contributed by atoms with Gasteiger partial charge in [-0.1, -0.05) is 120 Å². The summed E-state index contributed by atoms with van der Waals surface area (Å²) in [6, 6.07) is 54.4. The zero-order valence-electron chi connectivity index (χ0n) is 29.9. The van der Waals surface area contributed by atoms with E-state index < -0.39 is 13.0 Å². The number of benzene rings is 5. The Labute approximate surface area is 319 Å². The fourth-order valence-electron chi connectivity index (χ4n) is 7.74. The third kappa shape index (κ3) is 7.85. The molecule has 1 fully saturated rings. The van der Waals surface area contributed by atoms with E-state index in [2.05, 4.69) is 162 Å². The average Bonchev–Trinajstić information content (AvgIpc) is 3.66. The molecule has 1 aliphatic heterocycles. The third-order valence-electron chi connectivity index (χ3n) is 10.6. The highest BCUT2D eigenvalue weighted by Crippen LogP contribution is 2.55. The van der Waals surface area contributed by atoms with Crippen LogP contribution < -0.4 is 32.9 Å². The van der Waals surface area contributed by atoms with Crippen molar-refractivity contribution in [1.29, 1.82) is 0 Å². The highest BCUT2D eigenvalue weighted by molar-refractivity contribution is 7.95. The zero-order chi connectivity index (χ0) is 35.0. The Kier molecular flexibility index (Phi) is 12.5. The quantitative estimate of drug-likeness (QED) is 0.152. The molecule has 0 spiro atoms. The van der Waals surface area contributed by atoms with Crippen molar-refractivity contribution >= 4 is 23.2 Å². The normalized spacial score (nSPS) is 18.4. The molecule has 2 atom stereocenters. The number of ether oxygens (including phenoxy) is 3. The molecular weight excluding hydrogens is 729 g/mol. The Morgan fingerprint density at radius 2 is 1.21 bits per heavy atom. The molecule has 1 saturated heterocycles. The number of aromatic nitrogens is 3. The van der Waals surface area contributed by atoms with Crippen molar-refractivity contribution in [3.63, 3.8) is 0 Å². The van der Waals surface area contributed by atoms with Gasteiger partial charge in [-0.05, 0) is 60.9 Å². The van der Waals surface area contributed by atoms with Gasteiger partial charge in [0, 0.05) is 31.4 Å². The monoisotopic (exact) mass is 775 g/mol. The lowest BCUT2D eigenvalue weighted by molar-refractivity contribution is -0.280. The van der Waals surface area contributed by atoms with Crippen LogP contribution in [0.4, 0.5) is 0 Å². The summed E-state index contributed by atoms with van der Waals surface area (Å²) in [7, 11) is -0.175. The van der Waals surface area contributed by atoms with Gasteiger partial charge in [-0.3, -0.25) is 4.68 Å². The number of methoxy groups -OCH3 is 1. The lowest BCUT2D eigenvalue weighted by Gasteiger charge is -2.49. The van der Waals surface area contributed by atoms with E-state index in [9.17, 15) is 0 Å². The van der Waals surface area contributed by atoms with Crippen molar-refractivity contribution in [2.24, 2.45) is 5.92 Å². The maximum Gasteiger partial charge on any atom is 0.170 e. The molecule has 0 amide bonds. The summed E-state index contributed by atoms with van der Waals surface area (Å²) in [4.78, 5) is 0. The third-order valence-corrected chi connectivity index (χ3v) is 15.2. The second-order valence-corrected chi connectivity index (χ2v) is 17.2. The fourth-order valence-corrected chi connectivity index (χ4v) is 12.1. The van der Waals surface area contributed by atoms with Crippen LogP contribution in [-0.2, 0) is 32.8 Å². The van der Waals surface area contributed by atoms with Gasteiger partial charge >= 0.3 is 0 Å². The molecule has 52 heavy (non-hydrogen) atoms. The van der Waals surface area contributed by atoms with E-state index in [4.69, 9.17) is 14.2 Å². The second kappa shape index (κ2) is 17.2. The van der Waals surface area contributed by atoms with Crippen LogP contribution in [0, 0.1) is 5.92 Å². The summed E-state index contributed by atoms with van der Waals surface area (Å²) in [5.41, 5.74) is 2.98. The summed E-state index contributed by atoms with van der Waals surface area (Å²) in [6.07, 6.45) is 4.84. The van der Waals surface area contributed by atoms with Crippen LogP contribution in [0.5, 0.6) is 0 Å². The molecule has 1 aliphatic rings. The number of hydrogen-bond donors (Lipinski definition) is 0. The van der Waals surface area contributed by atoms with E-state index in [1.165, 1.54) is 27.0 Å². The van der Waals surface area contributed by atoms with Gasteiger partial charge < -0.3 is 31.2 Å². The standard InChI is InChI=1S/C44H47N3O3P.BrH/c1-43(48-2)38(31-44(35-50-43,36-19-8-3-9-20-36)37-21-10-4-11-22-37)33-49-34-39-32-47(46-45-39)29-18-30-51(40-23-12-5-13-24-40,41-25-14-6-15-26-41)42-27-16-7-17-28-42;/h3-17,19-28,32,38H,18,29-31,33-35H2,1-2H3;1H/q+1;/p-1/t38-,43-;/m1./s1. The molecule has 6 nitrogen and oxygen atoms in total. The maximum atomic E-state index is 6.59. The van der Waals surface area contributed by atoms with Gasteiger partial charge in [0.2, 0.25) is 0 Å². The Bertz CT molecular complexity index is 1810. The predicted octanol–water partition coefficient (Wildman–Crippen LogP) is 4.57. The highest BCUT2D eigenvalue weighted by atomic mass is 79.9. The molecule has 7 rings (SSSR count). The van der Waals surface area contributed by atoms with Crippen molar-refractivity contribution in [3.05, 3.63) is 175 Å². The first-order valence-electron chi connectivity index (χ1n) is 17.9. The molecule has 0 aliphatic carbocycles. The molecule has 268 valence electrons. The van der Waals surface area contributed by atoms with Crippen molar-refractivity contribution in [1.82, 2.24) is 15.0 Å². The van der Waals surface area contributed by atoms with Gasteiger partial charge in [-0.25, -0.2) is 0 Å². The number of hydrogen-bond acceptors (Lipinski definition) is 5. The van der Waals surface area contributed by atoms with E-state index >= 15 is 0 Å². The van der Waals surface area contributed by atoms with Crippen molar-refractivity contribution in [2.45, 2.75) is 44.1 Å². The lowest BCUT2D eigenvalue weighted by atomic mass is 9.66. The van der Waals surface area contributed by atoms with Gasteiger partial charge in [0.15, 0.2) is 5.79 Å². The topological polar surface area (TPSA) is 58.4 Å². The largest absolute Gasteiger partial charge is 1.00 e. The van der Waals surface area contributed by atoms with E-state index in [0.29, 0.717) is 19.8 Å². The van der Waals surface area contributed by atoms with E-state index in [1.54, 1.807) is 7.11 Å². The summed E-state index contributed by atoms with van der Waals surface area (Å²) in [5, 5.41) is 13.2. The molecular formula is C44H47BrN3O3P. The van der Waals surface area contributed by atoms with Crippen LogP contribution in [0.25, 0.3) is 0 Å². The highest BCUT2D eigenvalue weighted by Gasteiger charge is 2.50. The first-order chi connectivity index (χ1) is 25.1. The molecule has 8 heteroatoms. The minimum Gasteiger partial charge on any atom is -1.00 e. The van der Waals surface area contributed by atoms with Crippen LogP contribution in [-0.4, -0.2) is 47.3 Å². The van der Waals surface area contributed by atoms with Crippen molar-refractivity contribution in [2.75, 3.05) is 26.5 Å². The van der Waals surface area contributed by atoms with E-state index in [1.807, 2.05) is 17.8 Å². The number of rotatable bonds is 14. The molecule has 1 aromatic heterocycles. The number of aryl methyl sites for hydroxylation is 1. The molecule has 2 heterocycles. The van der Waals surface area contributed by atoms with E-state index in [0.717, 1.165) is 31.2 Å². The molecule has 0 saturated carbocycles. The summed E-state index contributed by atoms with van der Waals surface area (Å²) < 4.78 is 21.0. The summed E-state index contributed by atoms with van der Waals surface area (Å²) in [6.45, 7) is 4.17. The Morgan fingerprint density at radius 1 is 0.731 bits per heavy atom. The molecule has 0 N–H and O–H groups in total. The summed E-state index contributed by atoms with van der Waals surface area (Å²) >= 11 is 0. The fraction of sp³-hybridized carbons (Fsp3) is 0.273. The Balaban J connectivity index is 0.00000464. The van der Waals surface area contributed by atoms with Gasteiger partial charge in [0.05, 0.1) is 32.2 Å². The first kappa shape index (κ1) is 37.8. The minimum atomic E-state index is -1.90. The average molecular weight is 777 g/mol. The molecule has 0 bridgehead atoms. The number of halogens is 1. The molecule has 6 aromatic rings. The molecule has 5 aromatic carbocycles. The Hall–Kier alpha value is -3.97. The van der Waals surface area contributed by atoms with Gasteiger partial charge in [0.1, 0.15) is 28.9 Å². The van der Waals surface area contributed by atoms with Crippen LogP contribution >= 0.6 is 7.26 Å². The SMILES string of the molecule is CO[C@]1(C)OCC(c2ccccc2)(c2ccccc2)C[C@@H]1COCc1cn(CCC[P+](c2ccccc2)(c2ccccc2)c2ccccc2)nn1.[Br-]. The number of nitrogens with zero attached hydrogens (tertiary/aromatic N) is 3. The van der Waals surface area contributed by atoms with E-state index in [-0.39, 0.29) is 28.3 Å². The molecule has 0 unspecified atom stereocenters. The Morgan fingerprint density at radius 3 is 1.69 bits per heavy atom. The zero-order valence-corrected chi connectivity index (χ0v) is 32.4. The minimum absolute atomic E-state index is 0. The van der Waals surface area contributed by atoms with Crippen LogP contribution in [0.2, 0.25) is 0 Å². The van der Waals surface area contributed by atoms with Gasteiger partial charge in [0.25, 0.3) is 0 Å². The lowest BCUT2D eigenvalue weighted by Crippen LogP contribution is -3.00. The smallest absolute Gasteiger partial charge is 0.170 e.